The zero-order valence-corrected chi connectivity index (χ0v) is 21.1. The number of thiophene rings is 1. The molecule has 1 N–H and O–H groups in total. The van der Waals surface area contributed by atoms with Gasteiger partial charge in [-0.25, -0.2) is 8.42 Å². The number of hydrogen-bond acceptors (Lipinski definition) is 5. The fraction of sp³-hybridized carbons (Fsp3) is 0.125. The van der Waals surface area contributed by atoms with Gasteiger partial charge in [-0.3, -0.25) is 9.10 Å². The van der Waals surface area contributed by atoms with E-state index in [9.17, 15) is 13.2 Å². The number of nitrogens with one attached hydrogen (secondary N) is 1. The van der Waals surface area contributed by atoms with Crippen LogP contribution in [0.1, 0.15) is 16.6 Å². The minimum atomic E-state index is -3.72. The number of methoxy groups -OCH3 is 1. The molecule has 0 bridgehead atoms. The summed E-state index contributed by atoms with van der Waals surface area (Å²) < 4.78 is 34.7. The molecule has 3 aromatic carbocycles. The predicted octanol–water partition coefficient (Wildman–Crippen LogP) is 6.14. The Hall–Kier alpha value is -2.88. The molecule has 170 valence electrons. The van der Waals surface area contributed by atoms with Crippen molar-refractivity contribution in [2.24, 2.45) is 0 Å². The highest BCUT2D eigenvalue weighted by Crippen LogP contribution is 2.32. The molecule has 9 heteroatoms. The van der Waals surface area contributed by atoms with Crippen LogP contribution >= 0.6 is 27.3 Å². The maximum Gasteiger partial charge on any atom is 0.265 e. The average Bonchev–Trinajstić information content (AvgIpc) is 3.23. The lowest BCUT2D eigenvalue weighted by Gasteiger charge is -2.23. The number of benzene rings is 3. The summed E-state index contributed by atoms with van der Waals surface area (Å²) in [7, 11) is -2.15. The van der Waals surface area contributed by atoms with E-state index >= 15 is 0 Å². The van der Waals surface area contributed by atoms with Crippen molar-refractivity contribution in [1.29, 1.82) is 0 Å². The van der Waals surface area contributed by atoms with E-state index in [1.165, 1.54) is 15.6 Å². The number of amides is 1. The summed E-state index contributed by atoms with van der Waals surface area (Å²) >= 11 is 4.69. The number of nitrogens with zero attached hydrogens (tertiary/aromatic N) is 1. The number of hydrogen-bond donors (Lipinski definition) is 1. The summed E-state index contributed by atoms with van der Waals surface area (Å²) in [6.07, 6.45) is 0. The van der Waals surface area contributed by atoms with Gasteiger partial charge in [0.25, 0.3) is 15.9 Å². The van der Waals surface area contributed by atoms with Crippen LogP contribution in [0.15, 0.2) is 82.2 Å². The Morgan fingerprint density at radius 2 is 1.82 bits per heavy atom. The summed E-state index contributed by atoms with van der Waals surface area (Å²) in [5, 5.41) is 3.68. The molecule has 0 unspecified atom stereocenters. The van der Waals surface area contributed by atoms with Crippen molar-refractivity contribution < 1.29 is 17.9 Å². The molecule has 0 saturated carbocycles. The van der Waals surface area contributed by atoms with Gasteiger partial charge in [0.15, 0.2) is 0 Å². The lowest BCUT2D eigenvalue weighted by Crippen LogP contribution is -2.30. The Morgan fingerprint density at radius 1 is 1.06 bits per heavy atom. The van der Waals surface area contributed by atoms with Gasteiger partial charge in [0.1, 0.15) is 5.75 Å². The molecule has 0 aliphatic carbocycles. The van der Waals surface area contributed by atoms with E-state index in [1.54, 1.807) is 80.8 Å². The van der Waals surface area contributed by atoms with Crippen LogP contribution in [0.4, 0.5) is 11.4 Å². The van der Waals surface area contributed by atoms with Crippen molar-refractivity contribution in [1.82, 2.24) is 0 Å². The molecule has 4 aromatic rings. The van der Waals surface area contributed by atoms with Crippen LogP contribution in [0.2, 0.25) is 0 Å². The standard InChI is InChI=1S/C24H21BrN2O4S2/c1-3-27(33(29,30)21-10-7-17(25)8-11-21)19-9-12-22-16(13-19)14-23(32-22)24(28)26-18-5-4-6-20(15-18)31-2/h4-15H,3H2,1-2H3,(H,26,28). The van der Waals surface area contributed by atoms with Crippen molar-refractivity contribution in [3.8, 4) is 5.75 Å². The molecule has 0 aliphatic rings. The van der Waals surface area contributed by atoms with Crippen LogP contribution in [0.3, 0.4) is 0 Å². The van der Waals surface area contributed by atoms with Crippen LogP contribution in [0.25, 0.3) is 10.1 Å². The first-order valence-electron chi connectivity index (χ1n) is 10.1. The van der Waals surface area contributed by atoms with Crippen LogP contribution in [-0.4, -0.2) is 28.0 Å². The van der Waals surface area contributed by atoms with Gasteiger partial charge in [-0.05, 0) is 73.0 Å². The Labute approximate surface area is 205 Å². The Bertz CT molecular complexity index is 1420. The van der Waals surface area contributed by atoms with Gasteiger partial charge in [0.05, 0.1) is 22.6 Å². The summed E-state index contributed by atoms with van der Waals surface area (Å²) in [4.78, 5) is 13.5. The number of anilines is 2. The van der Waals surface area contributed by atoms with Crippen LogP contribution in [0.5, 0.6) is 5.75 Å². The van der Waals surface area contributed by atoms with Crippen molar-refractivity contribution in [3.63, 3.8) is 0 Å². The van der Waals surface area contributed by atoms with E-state index < -0.39 is 10.0 Å². The topological polar surface area (TPSA) is 75.7 Å². The van der Waals surface area contributed by atoms with Gasteiger partial charge in [0, 0.05) is 27.5 Å². The van der Waals surface area contributed by atoms with Crippen molar-refractivity contribution in [3.05, 3.63) is 82.1 Å². The highest BCUT2D eigenvalue weighted by atomic mass is 79.9. The fourth-order valence-electron chi connectivity index (χ4n) is 3.42. The quantitative estimate of drug-likeness (QED) is 0.303. The second-order valence-corrected chi connectivity index (χ2v) is 11.0. The van der Waals surface area contributed by atoms with Gasteiger partial charge in [-0.1, -0.05) is 22.0 Å². The first-order chi connectivity index (χ1) is 15.8. The molecule has 0 atom stereocenters. The van der Waals surface area contributed by atoms with Crippen LogP contribution in [0, 0.1) is 0 Å². The minimum Gasteiger partial charge on any atom is -0.497 e. The van der Waals surface area contributed by atoms with Crippen molar-refractivity contribution in [2.45, 2.75) is 11.8 Å². The second-order valence-electron chi connectivity index (χ2n) is 7.14. The number of rotatable bonds is 7. The van der Waals surface area contributed by atoms with Gasteiger partial charge in [0.2, 0.25) is 0 Å². The maximum atomic E-state index is 13.2. The molecule has 0 spiro atoms. The third-order valence-corrected chi connectivity index (χ3v) is 8.59. The molecule has 0 radical (unpaired) electrons. The molecule has 0 saturated heterocycles. The van der Waals surface area contributed by atoms with E-state index in [-0.39, 0.29) is 17.3 Å². The van der Waals surface area contributed by atoms with E-state index in [4.69, 9.17) is 4.74 Å². The van der Waals surface area contributed by atoms with Gasteiger partial charge in [-0.15, -0.1) is 11.3 Å². The molecule has 0 fully saturated rings. The molecule has 4 rings (SSSR count). The molecule has 1 aromatic heterocycles. The number of carbonyl (C=O) groups is 1. The number of sulfonamides is 1. The Kier molecular flexibility index (Phi) is 6.73. The molecule has 33 heavy (non-hydrogen) atoms. The highest BCUT2D eigenvalue weighted by molar-refractivity contribution is 9.10. The summed E-state index contributed by atoms with van der Waals surface area (Å²) in [5.74, 6) is 0.418. The zero-order valence-electron chi connectivity index (χ0n) is 17.9. The second kappa shape index (κ2) is 9.54. The molecule has 1 amide bonds. The van der Waals surface area contributed by atoms with E-state index in [0.717, 1.165) is 14.6 Å². The monoisotopic (exact) mass is 544 g/mol. The van der Waals surface area contributed by atoms with E-state index in [2.05, 4.69) is 21.2 Å². The predicted molar refractivity (Wildman–Crippen MR) is 137 cm³/mol. The van der Waals surface area contributed by atoms with E-state index in [1.807, 2.05) is 6.07 Å². The van der Waals surface area contributed by atoms with Crippen molar-refractivity contribution in [2.75, 3.05) is 23.3 Å². The van der Waals surface area contributed by atoms with Gasteiger partial charge < -0.3 is 10.1 Å². The summed E-state index contributed by atoms with van der Waals surface area (Å²) in [6, 6.07) is 20.9. The smallest absolute Gasteiger partial charge is 0.265 e. The minimum absolute atomic E-state index is 0.219. The lowest BCUT2D eigenvalue weighted by atomic mass is 10.2. The maximum absolute atomic E-state index is 13.2. The average molecular weight is 545 g/mol. The summed E-state index contributed by atoms with van der Waals surface area (Å²) in [6.45, 7) is 2.07. The van der Waals surface area contributed by atoms with Crippen molar-refractivity contribution >= 4 is 64.7 Å². The van der Waals surface area contributed by atoms with Crippen LogP contribution in [-0.2, 0) is 10.0 Å². The third kappa shape index (κ3) is 4.90. The largest absolute Gasteiger partial charge is 0.497 e. The Balaban J connectivity index is 1.62. The molecule has 6 nitrogen and oxygen atoms in total. The first-order valence-corrected chi connectivity index (χ1v) is 13.1. The summed E-state index contributed by atoms with van der Waals surface area (Å²) in [5.41, 5.74) is 1.18. The number of ether oxygens (including phenoxy) is 1. The number of fused-ring (bicyclic) bond motifs is 1. The third-order valence-electron chi connectivity index (χ3n) is 5.03. The number of carbonyl (C=O) groups excluding carboxylic acids is 1. The zero-order chi connectivity index (χ0) is 23.6. The first kappa shape index (κ1) is 23.3. The van der Waals surface area contributed by atoms with Gasteiger partial charge in [-0.2, -0.15) is 0 Å². The number of halogens is 1. The highest BCUT2D eigenvalue weighted by Gasteiger charge is 2.24. The van der Waals surface area contributed by atoms with Crippen LogP contribution < -0.4 is 14.4 Å². The van der Waals surface area contributed by atoms with E-state index in [0.29, 0.717) is 22.0 Å². The Morgan fingerprint density at radius 3 is 2.52 bits per heavy atom. The normalized spacial score (nSPS) is 11.4. The lowest BCUT2D eigenvalue weighted by molar-refractivity contribution is 0.103. The fourth-order valence-corrected chi connectivity index (χ4v) is 6.08. The molecular formula is C24H21BrN2O4S2. The van der Waals surface area contributed by atoms with Gasteiger partial charge >= 0.3 is 0 Å². The molecule has 1 heterocycles. The molecule has 0 aliphatic heterocycles. The SMILES string of the molecule is CCN(c1ccc2sc(C(=O)Nc3cccc(OC)c3)cc2c1)S(=O)(=O)c1ccc(Br)cc1. The molecular weight excluding hydrogens is 524 g/mol.